The fraction of sp³-hybridized carbons (Fsp3) is 0.188. The lowest BCUT2D eigenvalue weighted by atomic mass is 10.1. The fourth-order valence-electron chi connectivity index (χ4n) is 2.27. The molecular weight excluding hydrogens is 256 g/mol. The number of fused-ring (bicyclic) bond motifs is 1. The van der Waals surface area contributed by atoms with Crippen molar-refractivity contribution in [2.75, 3.05) is 0 Å². The molecule has 0 spiro atoms. The van der Waals surface area contributed by atoms with Crippen molar-refractivity contribution in [2.24, 2.45) is 0 Å². The number of benzene rings is 2. The number of aromatic nitrogens is 2. The number of aryl methyl sites for hydroxylation is 2. The Morgan fingerprint density at radius 1 is 0.947 bits per heavy atom. The summed E-state index contributed by atoms with van der Waals surface area (Å²) in [6, 6.07) is 16.1. The number of nitrogens with zero attached hydrogens (tertiary/aromatic N) is 1. The molecule has 3 rings (SSSR count). The van der Waals surface area contributed by atoms with Crippen molar-refractivity contribution >= 4 is 22.6 Å². The predicted molar refractivity (Wildman–Crippen MR) is 79.6 cm³/mol. The van der Waals surface area contributed by atoms with E-state index >= 15 is 0 Å². The van der Waals surface area contributed by atoms with Gasteiger partial charge in [0.25, 0.3) is 0 Å². The van der Waals surface area contributed by atoms with Crippen LogP contribution in [-0.4, -0.2) is 9.97 Å². The van der Waals surface area contributed by atoms with E-state index in [9.17, 15) is 0 Å². The third-order valence-electron chi connectivity index (χ3n) is 3.26. The molecule has 1 N–H and O–H groups in total. The van der Waals surface area contributed by atoms with E-state index in [0.717, 1.165) is 41.1 Å². The van der Waals surface area contributed by atoms with Gasteiger partial charge >= 0.3 is 0 Å². The average molecular weight is 271 g/mol. The average Bonchev–Trinajstić information content (AvgIpc) is 2.83. The number of hydrogen-bond donors (Lipinski definition) is 1. The summed E-state index contributed by atoms with van der Waals surface area (Å²) in [7, 11) is 0. The van der Waals surface area contributed by atoms with Gasteiger partial charge in [0.15, 0.2) is 0 Å². The highest BCUT2D eigenvalue weighted by Crippen LogP contribution is 2.18. The van der Waals surface area contributed by atoms with E-state index in [-0.39, 0.29) is 0 Å². The molecule has 0 atom stereocenters. The first-order valence-electron chi connectivity index (χ1n) is 6.50. The van der Waals surface area contributed by atoms with Crippen molar-refractivity contribution in [3.8, 4) is 0 Å². The molecule has 0 aliphatic heterocycles. The minimum atomic E-state index is 0.854. The normalized spacial score (nSPS) is 11.0. The van der Waals surface area contributed by atoms with Crippen LogP contribution in [0.1, 0.15) is 17.8 Å². The van der Waals surface area contributed by atoms with Crippen molar-refractivity contribution < 1.29 is 0 Å². The summed E-state index contributed by atoms with van der Waals surface area (Å²) < 4.78 is 0. The summed E-state index contributed by atoms with van der Waals surface area (Å²) >= 11 is 6.15. The Bertz CT molecular complexity index is 655. The standard InChI is InChI=1S/C16H15ClN2/c17-13-8-2-1-6-12(13)7-5-11-16-18-14-9-3-4-10-15(14)19-16/h1-4,6,8-10H,5,7,11H2,(H,18,19). The first kappa shape index (κ1) is 12.2. The molecule has 0 unspecified atom stereocenters. The van der Waals surface area contributed by atoms with Crippen molar-refractivity contribution in [3.63, 3.8) is 0 Å². The molecule has 0 saturated carbocycles. The molecule has 0 bridgehead atoms. The zero-order chi connectivity index (χ0) is 13.1. The maximum Gasteiger partial charge on any atom is 0.107 e. The maximum absolute atomic E-state index is 6.15. The van der Waals surface area contributed by atoms with Crippen molar-refractivity contribution in [3.05, 3.63) is 64.9 Å². The van der Waals surface area contributed by atoms with Gasteiger partial charge in [-0.15, -0.1) is 0 Å². The van der Waals surface area contributed by atoms with Gasteiger partial charge in [-0.05, 0) is 36.6 Å². The summed E-state index contributed by atoms with van der Waals surface area (Å²) in [6.45, 7) is 0. The fourth-order valence-corrected chi connectivity index (χ4v) is 2.50. The largest absolute Gasteiger partial charge is 0.342 e. The molecule has 0 amide bonds. The number of H-pyrrole nitrogens is 1. The third-order valence-corrected chi connectivity index (χ3v) is 3.62. The summed E-state index contributed by atoms with van der Waals surface area (Å²) in [6.07, 6.45) is 2.97. The van der Waals surface area contributed by atoms with E-state index in [0.29, 0.717) is 0 Å². The monoisotopic (exact) mass is 270 g/mol. The molecule has 0 aliphatic carbocycles. The SMILES string of the molecule is Clc1ccccc1CCCc1nc2ccccc2[nH]1. The first-order chi connectivity index (χ1) is 9.33. The number of nitrogens with one attached hydrogen (secondary N) is 1. The van der Waals surface area contributed by atoms with Gasteiger partial charge in [-0.2, -0.15) is 0 Å². The van der Waals surface area contributed by atoms with Gasteiger partial charge in [-0.3, -0.25) is 0 Å². The van der Waals surface area contributed by atoms with E-state index < -0.39 is 0 Å². The summed E-state index contributed by atoms with van der Waals surface area (Å²) in [4.78, 5) is 7.93. The van der Waals surface area contributed by atoms with Crippen LogP contribution in [0.25, 0.3) is 11.0 Å². The van der Waals surface area contributed by atoms with Gasteiger partial charge in [0.05, 0.1) is 11.0 Å². The second-order valence-corrected chi connectivity index (χ2v) is 5.05. The minimum absolute atomic E-state index is 0.854. The predicted octanol–water partition coefficient (Wildman–Crippen LogP) is 4.39. The molecule has 0 radical (unpaired) electrons. The topological polar surface area (TPSA) is 28.7 Å². The van der Waals surface area contributed by atoms with Crippen LogP contribution in [-0.2, 0) is 12.8 Å². The molecule has 0 saturated heterocycles. The molecule has 0 aliphatic rings. The van der Waals surface area contributed by atoms with Crippen LogP contribution < -0.4 is 0 Å². The van der Waals surface area contributed by atoms with E-state index in [1.165, 1.54) is 5.56 Å². The number of aromatic amines is 1. The quantitative estimate of drug-likeness (QED) is 0.748. The zero-order valence-corrected chi connectivity index (χ0v) is 11.3. The van der Waals surface area contributed by atoms with E-state index in [1.807, 2.05) is 36.4 Å². The van der Waals surface area contributed by atoms with Gasteiger partial charge in [0.1, 0.15) is 5.82 Å². The number of rotatable bonds is 4. The number of halogens is 1. The Kier molecular flexibility index (Phi) is 3.51. The molecule has 2 aromatic carbocycles. The molecular formula is C16H15ClN2. The number of imidazole rings is 1. The Balaban J connectivity index is 1.65. The van der Waals surface area contributed by atoms with Crippen LogP contribution in [0.15, 0.2) is 48.5 Å². The highest BCUT2D eigenvalue weighted by molar-refractivity contribution is 6.31. The van der Waals surface area contributed by atoms with E-state index in [1.54, 1.807) is 0 Å². The van der Waals surface area contributed by atoms with Crippen LogP contribution in [0.4, 0.5) is 0 Å². The first-order valence-corrected chi connectivity index (χ1v) is 6.88. The highest BCUT2D eigenvalue weighted by Gasteiger charge is 2.03. The maximum atomic E-state index is 6.15. The van der Waals surface area contributed by atoms with E-state index in [4.69, 9.17) is 11.6 Å². The second-order valence-electron chi connectivity index (χ2n) is 4.65. The van der Waals surface area contributed by atoms with Gasteiger partial charge in [0.2, 0.25) is 0 Å². The Morgan fingerprint density at radius 3 is 2.58 bits per heavy atom. The molecule has 19 heavy (non-hydrogen) atoms. The van der Waals surface area contributed by atoms with Gasteiger partial charge < -0.3 is 4.98 Å². The summed E-state index contributed by atoms with van der Waals surface area (Å²) in [5.74, 6) is 1.05. The Morgan fingerprint density at radius 2 is 1.74 bits per heavy atom. The summed E-state index contributed by atoms with van der Waals surface area (Å²) in [5, 5.41) is 0.854. The molecule has 2 nitrogen and oxygen atoms in total. The lowest BCUT2D eigenvalue weighted by molar-refractivity contribution is 0.786. The lowest BCUT2D eigenvalue weighted by Gasteiger charge is -2.02. The summed E-state index contributed by atoms with van der Waals surface area (Å²) in [5.41, 5.74) is 3.35. The van der Waals surface area contributed by atoms with Crippen LogP contribution in [0.2, 0.25) is 5.02 Å². The molecule has 1 heterocycles. The third kappa shape index (κ3) is 2.79. The minimum Gasteiger partial charge on any atom is -0.342 e. The Hall–Kier alpha value is -1.80. The van der Waals surface area contributed by atoms with Crippen molar-refractivity contribution in [1.29, 1.82) is 0 Å². The van der Waals surface area contributed by atoms with Gasteiger partial charge in [0, 0.05) is 11.4 Å². The second kappa shape index (κ2) is 5.45. The molecule has 3 heteroatoms. The van der Waals surface area contributed by atoms with Crippen molar-refractivity contribution in [2.45, 2.75) is 19.3 Å². The molecule has 1 aromatic heterocycles. The molecule has 3 aromatic rings. The molecule has 0 fully saturated rings. The van der Waals surface area contributed by atoms with Crippen LogP contribution in [0.5, 0.6) is 0 Å². The van der Waals surface area contributed by atoms with E-state index in [2.05, 4.69) is 22.1 Å². The van der Waals surface area contributed by atoms with Crippen LogP contribution in [0.3, 0.4) is 0 Å². The Labute approximate surface area is 117 Å². The lowest BCUT2D eigenvalue weighted by Crippen LogP contribution is -1.92. The van der Waals surface area contributed by atoms with Crippen LogP contribution >= 0.6 is 11.6 Å². The number of para-hydroxylation sites is 2. The van der Waals surface area contributed by atoms with Crippen molar-refractivity contribution in [1.82, 2.24) is 9.97 Å². The molecule has 96 valence electrons. The van der Waals surface area contributed by atoms with Crippen LogP contribution in [0, 0.1) is 0 Å². The van der Waals surface area contributed by atoms with Gasteiger partial charge in [-0.25, -0.2) is 4.98 Å². The number of hydrogen-bond acceptors (Lipinski definition) is 1. The smallest absolute Gasteiger partial charge is 0.107 e. The zero-order valence-electron chi connectivity index (χ0n) is 10.6. The van der Waals surface area contributed by atoms with Gasteiger partial charge in [-0.1, -0.05) is 41.9 Å². The highest BCUT2D eigenvalue weighted by atomic mass is 35.5.